The molecule has 0 bridgehead atoms. The van der Waals surface area contributed by atoms with Crippen molar-refractivity contribution < 1.29 is 0 Å². The van der Waals surface area contributed by atoms with E-state index < -0.39 is 0 Å². The fraction of sp³-hybridized carbons (Fsp3) is 0.733. The number of nitrogens with one attached hydrogen (secondary N) is 2. The molecule has 116 valence electrons. The van der Waals surface area contributed by atoms with Gasteiger partial charge in [-0.3, -0.25) is 4.99 Å². The fourth-order valence-corrected chi connectivity index (χ4v) is 4.17. The Balaban J connectivity index is 1.47. The average Bonchev–Trinajstić information content (AvgIpc) is 3.16. The lowest BCUT2D eigenvalue weighted by atomic mass is 10.2. The highest BCUT2D eigenvalue weighted by Gasteiger charge is 2.16. The Labute approximate surface area is 131 Å². The Morgan fingerprint density at radius 2 is 2.38 bits per heavy atom. The lowest BCUT2D eigenvalue weighted by Gasteiger charge is -2.14. The fourth-order valence-electron chi connectivity index (χ4n) is 2.97. The number of aliphatic imine (C=N–C) groups is 1. The Morgan fingerprint density at radius 1 is 1.43 bits per heavy atom. The first-order valence-electron chi connectivity index (χ1n) is 7.96. The molecule has 5 nitrogen and oxygen atoms in total. The van der Waals surface area contributed by atoms with Gasteiger partial charge in [0.2, 0.25) is 0 Å². The van der Waals surface area contributed by atoms with Crippen LogP contribution in [-0.4, -0.2) is 40.1 Å². The molecule has 1 saturated heterocycles. The van der Waals surface area contributed by atoms with Gasteiger partial charge in [0.15, 0.2) is 5.96 Å². The number of fused-ring (bicyclic) bond motifs is 1. The van der Waals surface area contributed by atoms with Crippen LogP contribution in [0.15, 0.2) is 11.2 Å². The molecule has 2 aliphatic heterocycles. The average molecular weight is 307 g/mol. The summed E-state index contributed by atoms with van der Waals surface area (Å²) in [5, 5.41) is 7.54. The van der Waals surface area contributed by atoms with Crippen LogP contribution in [0.1, 0.15) is 37.2 Å². The summed E-state index contributed by atoms with van der Waals surface area (Å²) in [6.45, 7) is 2.87. The first-order chi connectivity index (χ1) is 10.3. The Morgan fingerprint density at radius 3 is 3.14 bits per heavy atom. The van der Waals surface area contributed by atoms with E-state index in [1.54, 1.807) is 0 Å². The highest BCUT2D eigenvalue weighted by Crippen LogP contribution is 2.25. The maximum atomic E-state index is 4.71. The van der Waals surface area contributed by atoms with Gasteiger partial charge in [-0.25, -0.2) is 4.98 Å². The SMILES string of the molecule is CN=C(NCc1cn2c(n1)CCCC2)NCC1CCCS1. The zero-order valence-corrected chi connectivity index (χ0v) is 13.6. The summed E-state index contributed by atoms with van der Waals surface area (Å²) in [5.41, 5.74) is 1.12. The molecule has 1 fully saturated rings. The van der Waals surface area contributed by atoms with Crippen LogP contribution in [-0.2, 0) is 19.5 Å². The molecule has 0 aliphatic carbocycles. The summed E-state index contributed by atoms with van der Waals surface area (Å²) in [6.07, 6.45) is 8.52. The van der Waals surface area contributed by atoms with Crippen LogP contribution < -0.4 is 10.6 Å². The molecule has 1 atom stereocenters. The van der Waals surface area contributed by atoms with Crippen molar-refractivity contribution in [1.29, 1.82) is 0 Å². The van der Waals surface area contributed by atoms with Gasteiger partial charge in [0.25, 0.3) is 0 Å². The van der Waals surface area contributed by atoms with Gasteiger partial charge in [-0.2, -0.15) is 11.8 Å². The van der Waals surface area contributed by atoms with Gasteiger partial charge in [0, 0.05) is 38.0 Å². The second kappa shape index (κ2) is 7.20. The molecule has 2 aliphatic rings. The van der Waals surface area contributed by atoms with Gasteiger partial charge in [0.05, 0.1) is 12.2 Å². The largest absolute Gasteiger partial charge is 0.355 e. The van der Waals surface area contributed by atoms with Gasteiger partial charge >= 0.3 is 0 Å². The number of rotatable bonds is 4. The van der Waals surface area contributed by atoms with Crippen LogP contribution in [0, 0.1) is 0 Å². The number of hydrogen-bond acceptors (Lipinski definition) is 3. The molecule has 0 saturated carbocycles. The predicted molar refractivity (Wildman–Crippen MR) is 88.8 cm³/mol. The standard InChI is InChI=1S/C15H25N5S/c1-16-15(18-10-13-5-4-8-21-13)17-9-12-11-20-7-3-2-6-14(20)19-12/h11,13H,2-10H2,1H3,(H2,16,17,18). The number of nitrogens with zero attached hydrogens (tertiary/aromatic N) is 3. The first kappa shape index (κ1) is 14.8. The van der Waals surface area contributed by atoms with Crippen molar-refractivity contribution in [2.45, 2.75) is 50.4 Å². The third-order valence-electron chi connectivity index (χ3n) is 4.14. The molecular weight excluding hydrogens is 282 g/mol. The molecule has 0 spiro atoms. The van der Waals surface area contributed by atoms with E-state index in [0.717, 1.165) is 43.0 Å². The van der Waals surface area contributed by atoms with E-state index in [9.17, 15) is 0 Å². The van der Waals surface area contributed by atoms with Crippen molar-refractivity contribution in [3.05, 3.63) is 17.7 Å². The van der Waals surface area contributed by atoms with Crippen LogP contribution in [0.2, 0.25) is 0 Å². The molecular formula is C15H25N5S. The van der Waals surface area contributed by atoms with Crippen molar-refractivity contribution in [3.8, 4) is 0 Å². The third-order valence-corrected chi connectivity index (χ3v) is 5.54. The molecule has 3 rings (SSSR count). The van der Waals surface area contributed by atoms with Crippen LogP contribution in [0.5, 0.6) is 0 Å². The number of guanidine groups is 1. The predicted octanol–water partition coefficient (Wildman–Crippen LogP) is 1.78. The van der Waals surface area contributed by atoms with E-state index >= 15 is 0 Å². The van der Waals surface area contributed by atoms with Crippen molar-refractivity contribution in [2.24, 2.45) is 4.99 Å². The summed E-state index contributed by atoms with van der Waals surface area (Å²) < 4.78 is 2.30. The van der Waals surface area contributed by atoms with Crippen molar-refractivity contribution in [3.63, 3.8) is 0 Å². The molecule has 3 heterocycles. The highest BCUT2D eigenvalue weighted by molar-refractivity contribution is 8.00. The van der Waals surface area contributed by atoms with Crippen molar-refractivity contribution in [1.82, 2.24) is 20.2 Å². The number of hydrogen-bond donors (Lipinski definition) is 2. The molecule has 2 N–H and O–H groups in total. The number of aromatic nitrogens is 2. The molecule has 21 heavy (non-hydrogen) atoms. The molecule has 0 aromatic carbocycles. The van der Waals surface area contributed by atoms with Gasteiger partial charge in [-0.1, -0.05) is 0 Å². The van der Waals surface area contributed by atoms with Gasteiger partial charge in [-0.15, -0.1) is 0 Å². The Kier molecular flexibility index (Phi) is 5.06. The summed E-state index contributed by atoms with van der Waals surface area (Å²) in [7, 11) is 1.83. The number of aryl methyl sites for hydroxylation is 2. The van der Waals surface area contributed by atoms with Crippen LogP contribution in [0.3, 0.4) is 0 Å². The topological polar surface area (TPSA) is 54.2 Å². The lowest BCUT2D eigenvalue weighted by Crippen LogP contribution is -2.39. The molecule has 1 aromatic heterocycles. The van der Waals surface area contributed by atoms with E-state index in [1.165, 1.54) is 37.3 Å². The van der Waals surface area contributed by atoms with Gasteiger partial charge in [0.1, 0.15) is 5.82 Å². The van der Waals surface area contributed by atoms with Gasteiger partial charge < -0.3 is 15.2 Å². The van der Waals surface area contributed by atoms with E-state index in [2.05, 4.69) is 38.2 Å². The summed E-state index contributed by atoms with van der Waals surface area (Å²) >= 11 is 2.07. The third kappa shape index (κ3) is 3.93. The first-order valence-corrected chi connectivity index (χ1v) is 9.01. The Bertz CT molecular complexity index is 467. The maximum absolute atomic E-state index is 4.71. The Hall–Kier alpha value is -1.17. The van der Waals surface area contributed by atoms with Crippen LogP contribution >= 0.6 is 11.8 Å². The zero-order chi connectivity index (χ0) is 14.5. The highest BCUT2D eigenvalue weighted by atomic mass is 32.2. The minimum Gasteiger partial charge on any atom is -0.355 e. The second-order valence-electron chi connectivity index (χ2n) is 5.74. The number of thioether (sulfide) groups is 1. The summed E-state index contributed by atoms with van der Waals surface area (Å²) in [4.78, 5) is 9.00. The molecule has 1 unspecified atom stereocenters. The smallest absolute Gasteiger partial charge is 0.191 e. The van der Waals surface area contributed by atoms with E-state index in [4.69, 9.17) is 4.98 Å². The summed E-state index contributed by atoms with van der Waals surface area (Å²) in [5.74, 6) is 3.43. The van der Waals surface area contributed by atoms with Gasteiger partial charge in [-0.05, 0) is 31.4 Å². The minimum absolute atomic E-state index is 0.739. The maximum Gasteiger partial charge on any atom is 0.191 e. The normalized spacial score (nSPS) is 22.1. The lowest BCUT2D eigenvalue weighted by molar-refractivity contribution is 0.522. The molecule has 0 radical (unpaired) electrons. The van der Waals surface area contributed by atoms with E-state index in [0.29, 0.717) is 0 Å². The molecule has 1 aromatic rings. The quantitative estimate of drug-likeness (QED) is 0.658. The zero-order valence-electron chi connectivity index (χ0n) is 12.8. The summed E-state index contributed by atoms with van der Waals surface area (Å²) in [6, 6.07) is 0. The van der Waals surface area contributed by atoms with E-state index in [1.807, 2.05) is 7.05 Å². The molecule has 0 amide bonds. The number of imidazole rings is 1. The van der Waals surface area contributed by atoms with E-state index in [-0.39, 0.29) is 0 Å². The monoisotopic (exact) mass is 307 g/mol. The minimum atomic E-state index is 0.739. The van der Waals surface area contributed by atoms with Crippen LogP contribution in [0.25, 0.3) is 0 Å². The molecule has 6 heteroatoms. The van der Waals surface area contributed by atoms with Crippen molar-refractivity contribution in [2.75, 3.05) is 19.3 Å². The second-order valence-corrected chi connectivity index (χ2v) is 7.15. The van der Waals surface area contributed by atoms with Crippen LogP contribution in [0.4, 0.5) is 0 Å². The van der Waals surface area contributed by atoms with Crippen molar-refractivity contribution >= 4 is 17.7 Å².